The standard InChI is InChI=1S/C18H18N2O2S/c1-11-8-12(2)22-16(11)17(21)20-18-14(10-19)9-15(23-18)13-6-4-3-5-7-13/h3-7,9,11-12,16H,8H2,1-2H3,(H,20,21). The first-order valence-corrected chi connectivity index (χ1v) is 8.46. The van der Waals surface area contributed by atoms with Crippen LogP contribution in [0.3, 0.4) is 0 Å². The van der Waals surface area contributed by atoms with Crippen LogP contribution in [0.5, 0.6) is 0 Å². The maximum Gasteiger partial charge on any atom is 0.254 e. The number of hydrogen-bond donors (Lipinski definition) is 1. The third-order valence-electron chi connectivity index (χ3n) is 4.01. The Bertz CT molecular complexity index is 748. The van der Waals surface area contributed by atoms with Gasteiger partial charge in [0.15, 0.2) is 0 Å². The van der Waals surface area contributed by atoms with Crippen LogP contribution in [0.2, 0.25) is 0 Å². The second kappa shape index (κ2) is 6.53. The van der Waals surface area contributed by atoms with E-state index in [4.69, 9.17) is 4.74 Å². The molecule has 1 aliphatic rings. The van der Waals surface area contributed by atoms with Gasteiger partial charge in [-0.05, 0) is 30.9 Å². The smallest absolute Gasteiger partial charge is 0.254 e. The Labute approximate surface area is 139 Å². The number of carbonyl (C=O) groups excluding carboxylic acids is 1. The van der Waals surface area contributed by atoms with E-state index in [1.807, 2.05) is 50.2 Å². The highest BCUT2D eigenvalue weighted by molar-refractivity contribution is 7.19. The van der Waals surface area contributed by atoms with Gasteiger partial charge in [-0.15, -0.1) is 11.3 Å². The molecule has 1 aromatic carbocycles. The van der Waals surface area contributed by atoms with Crippen molar-refractivity contribution >= 4 is 22.2 Å². The molecule has 1 amide bonds. The Kier molecular flexibility index (Phi) is 4.46. The van der Waals surface area contributed by atoms with E-state index in [0.29, 0.717) is 10.6 Å². The molecule has 3 unspecified atom stereocenters. The zero-order chi connectivity index (χ0) is 16.4. The number of benzene rings is 1. The van der Waals surface area contributed by atoms with Crippen LogP contribution in [0.15, 0.2) is 36.4 Å². The monoisotopic (exact) mass is 326 g/mol. The normalized spacial score (nSPS) is 23.4. The van der Waals surface area contributed by atoms with Crippen LogP contribution in [0.4, 0.5) is 5.00 Å². The van der Waals surface area contributed by atoms with Crippen molar-refractivity contribution in [3.05, 3.63) is 42.0 Å². The van der Waals surface area contributed by atoms with Crippen molar-refractivity contribution in [1.82, 2.24) is 0 Å². The zero-order valence-corrected chi connectivity index (χ0v) is 13.9. The lowest BCUT2D eigenvalue weighted by Crippen LogP contribution is -2.31. The fourth-order valence-electron chi connectivity index (χ4n) is 2.90. The van der Waals surface area contributed by atoms with E-state index in [1.165, 1.54) is 11.3 Å². The molecule has 1 fully saturated rings. The maximum atomic E-state index is 12.4. The van der Waals surface area contributed by atoms with Gasteiger partial charge < -0.3 is 10.1 Å². The lowest BCUT2D eigenvalue weighted by atomic mass is 10.0. The number of nitriles is 1. The fraction of sp³-hybridized carbons (Fsp3) is 0.333. The molecule has 4 nitrogen and oxygen atoms in total. The van der Waals surface area contributed by atoms with E-state index >= 15 is 0 Å². The Morgan fingerprint density at radius 1 is 1.35 bits per heavy atom. The van der Waals surface area contributed by atoms with Crippen molar-refractivity contribution in [2.75, 3.05) is 5.32 Å². The molecule has 0 bridgehead atoms. The topological polar surface area (TPSA) is 62.1 Å². The number of thiophene rings is 1. The van der Waals surface area contributed by atoms with E-state index in [0.717, 1.165) is 16.9 Å². The summed E-state index contributed by atoms with van der Waals surface area (Å²) in [6.45, 7) is 3.99. The summed E-state index contributed by atoms with van der Waals surface area (Å²) in [5.41, 5.74) is 1.52. The van der Waals surface area contributed by atoms with Crippen LogP contribution in [0, 0.1) is 17.2 Å². The minimum absolute atomic E-state index is 0.0967. The molecule has 1 N–H and O–H groups in total. The highest BCUT2D eigenvalue weighted by Crippen LogP contribution is 2.36. The van der Waals surface area contributed by atoms with E-state index in [2.05, 4.69) is 11.4 Å². The summed E-state index contributed by atoms with van der Waals surface area (Å²) in [6, 6.07) is 13.8. The van der Waals surface area contributed by atoms with Gasteiger partial charge in [-0.1, -0.05) is 37.3 Å². The van der Waals surface area contributed by atoms with Crippen LogP contribution < -0.4 is 5.32 Å². The summed E-state index contributed by atoms with van der Waals surface area (Å²) < 4.78 is 5.68. The van der Waals surface area contributed by atoms with Gasteiger partial charge in [0, 0.05) is 4.88 Å². The Balaban J connectivity index is 1.82. The van der Waals surface area contributed by atoms with Gasteiger partial charge in [-0.25, -0.2) is 0 Å². The van der Waals surface area contributed by atoms with Crippen LogP contribution in [-0.2, 0) is 9.53 Å². The molecule has 118 valence electrons. The van der Waals surface area contributed by atoms with Crippen molar-refractivity contribution < 1.29 is 9.53 Å². The molecule has 0 aliphatic carbocycles. The number of carbonyl (C=O) groups is 1. The van der Waals surface area contributed by atoms with Crippen molar-refractivity contribution in [3.8, 4) is 16.5 Å². The SMILES string of the molecule is CC1CC(C)C(C(=O)Nc2sc(-c3ccccc3)cc2C#N)O1. The van der Waals surface area contributed by atoms with E-state index in [1.54, 1.807) is 0 Å². The van der Waals surface area contributed by atoms with Crippen LogP contribution in [0.25, 0.3) is 10.4 Å². The van der Waals surface area contributed by atoms with Crippen LogP contribution in [0.1, 0.15) is 25.8 Å². The summed E-state index contributed by atoms with van der Waals surface area (Å²) >= 11 is 1.42. The second-order valence-corrected chi connectivity index (χ2v) is 6.95. The number of ether oxygens (including phenoxy) is 1. The van der Waals surface area contributed by atoms with Gasteiger partial charge in [0.2, 0.25) is 0 Å². The fourth-order valence-corrected chi connectivity index (χ4v) is 3.92. The molecule has 3 rings (SSSR count). The molecule has 0 radical (unpaired) electrons. The Hall–Kier alpha value is -2.16. The van der Waals surface area contributed by atoms with Crippen molar-refractivity contribution in [2.24, 2.45) is 5.92 Å². The van der Waals surface area contributed by atoms with Gasteiger partial charge in [-0.3, -0.25) is 4.79 Å². The first-order chi connectivity index (χ1) is 11.1. The molecule has 1 saturated heterocycles. The largest absolute Gasteiger partial charge is 0.365 e. The van der Waals surface area contributed by atoms with Gasteiger partial charge in [0.25, 0.3) is 5.91 Å². The third-order valence-corrected chi connectivity index (χ3v) is 5.10. The molecule has 1 aliphatic heterocycles. The average molecular weight is 326 g/mol. The molecule has 0 saturated carbocycles. The first-order valence-electron chi connectivity index (χ1n) is 7.64. The third kappa shape index (κ3) is 3.29. The summed E-state index contributed by atoms with van der Waals surface area (Å²) in [4.78, 5) is 13.4. The zero-order valence-electron chi connectivity index (χ0n) is 13.1. The Morgan fingerprint density at radius 3 is 2.70 bits per heavy atom. The molecule has 3 atom stereocenters. The number of rotatable bonds is 3. The maximum absolute atomic E-state index is 12.4. The van der Waals surface area contributed by atoms with Crippen molar-refractivity contribution in [3.63, 3.8) is 0 Å². The summed E-state index contributed by atoms with van der Waals surface area (Å²) in [5.74, 6) is 0.0175. The predicted molar refractivity (Wildman–Crippen MR) is 91.2 cm³/mol. The minimum atomic E-state index is -0.446. The van der Waals surface area contributed by atoms with Gasteiger partial charge >= 0.3 is 0 Å². The van der Waals surface area contributed by atoms with Crippen molar-refractivity contribution in [1.29, 1.82) is 5.26 Å². The molecule has 0 spiro atoms. The minimum Gasteiger partial charge on any atom is -0.365 e. The molecule has 2 heterocycles. The van der Waals surface area contributed by atoms with Gasteiger partial charge in [0.1, 0.15) is 17.2 Å². The number of anilines is 1. The highest BCUT2D eigenvalue weighted by Gasteiger charge is 2.35. The molecule has 2 aromatic rings. The van der Waals surface area contributed by atoms with Crippen molar-refractivity contribution in [2.45, 2.75) is 32.5 Å². The summed E-state index contributed by atoms with van der Waals surface area (Å²) in [5, 5.41) is 12.8. The number of amides is 1. The number of nitrogens with zero attached hydrogens (tertiary/aromatic N) is 1. The first kappa shape index (κ1) is 15.7. The molecular formula is C18H18N2O2S. The van der Waals surface area contributed by atoms with E-state index < -0.39 is 6.10 Å². The molecular weight excluding hydrogens is 308 g/mol. The molecule has 5 heteroatoms. The predicted octanol–water partition coefficient (Wildman–Crippen LogP) is 4.04. The van der Waals surface area contributed by atoms with Gasteiger partial charge in [-0.2, -0.15) is 5.26 Å². The average Bonchev–Trinajstić information content (AvgIpc) is 3.11. The highest BCUT2D eigenvalue weighted by atomic mass is 32.1. The van der Waals surface area contributed by atoms with E-state index in [-0.39, 0.29) is 17.9 Å². The second-order valence-electron chi connectivity index (χ2n) is 5.90. The lowest BCUT2D eigenvalue weighted by molar-refractivity contribution is -0.127. The van der Waals surface area contributed by atoms with Crippen LogP contribution >= 0.6 is 11.3 Å². The summed E-state index contributed by atoms with van der Waals surface area (Å²) in [6.07, 6.45) is 0.529. The molecule has 23 heavy (non-hydrogen) atoms. The lowest BCUT2D eigenvalue weighted by Gasteiger charge is -2.14. The number of hydrogen-bond acceptors (Lipinski definition) is 4. The van der Waals surface area contributed by atoms with Crippen LogP contribution in [-0.4, -0.2) is 18.1 Å². The molecule has 1 aromatic heterocycles. The summed E-state index contributed by atoms with van der Waals surface area (Å²) in [7, 11) is 0. The number of nitrogens with one attached hydrogen (secondary N) is 1. The van der Waals surface area contributed by atoms with Gasteiger partial charge in [0.05, 0.1) is 11.7 Å². The quantitative estimate of drug-likeness (QED) is 0.926. The Morgan fingerprint density at radius 2 is 2.09 bits per heavy atom. The van der Waals surface area contributed by atoms with E-state index in [9.17, 15) is 10.1 Å².